The lowest BCUT2D eigenvalue weighted by atomic mass is 10.1. The lowest BCUT2D eigenvalue weighted by Gasteiger charge is -2.05. The molecule has 1 heterocycles. The largest absolute Gasteiger partial charge is 0.504 e. The van der Waals surface area contributed by atoms with Gasteiger partial charge in [0, 0.05) is 5.56 Å². The number of nitrogens with zero attached hydrogens (tertiary/aromatic N) is 2. The minimum atomic E-state index is -2.89. The monoisotopic (exact) mass is 202 g/mol. The van der Waals surface area contributed by atoms with Crippen LogP contribution in [-0.2, 0) is 6.42 Å². The zero-order chi connectivity index (χ0) is 10.7. The fourth-order valence-electron chi connectivity index (χ4n) is 0.936. The van der Waals surface area contributed by atoms with E-state index in [0.29, 0.717) is 6.07 Å². The van der Waals surface area contributed by atoms with Crippen LogP contribution in [0.25, 0.3) is 0 Å². The van der Waals surface area contributed by atoms with Gasteiger partial charge in [0.25, 0.3) is 12.4 Å². The van der Waals surface area contributed by atoms with Crippen molar-refractivity contribution in [1.29, 1.82) is 5.26 Å². The Kier molecular flexibility index (Phi) is 2.92. The molecular formula is C8H5F3N2O. The quantitative estimate of drug-likeness (QED) is 0.745. The van der Waals surface area contributed by atoms with E-state index in [4.69, 9.17) is 10.4 Å². The lowest BCUT2D eigenvalue weighted by molar-refractivity contribution is 0.149. The second kappa shape index (κ2) is 3.96. The van der Waals surface area contributed by atoms with Gasteiger partial charge in [-0.15, -0.1) is 0 Å². The summed E-state index contributed by atoms with van der Waals surface area (Å²) in [5, 5.41) is 17.1. The maximum absolute atomic E-state index is 12.6. The van der Waals surface area contributed by atoms with Crippen molar-refractivity contribution < 1.29 is 18.3 Å². The molecule has 3 nitrogen and oxygen atoms in total. The van der Waals surface area contributed by atoms with E-state index >= 15 is 0 Å². The maximum atomic E-state index is 12.6. The number of hydrogen-bond donors (Lipinski definition) is 1. The van der Waals surface area contributed by atoms with Crippen LogP contribution in [-0.4, -0.2) is 10.1 Å². The summed E-state index contributed by atoms with van der Waals surface area (Å²) in [5.74, 6) is -2.19. The van der Waals surface area contributed by atoms with Crippen LogP contribution >= 0.6 is 0 Å². The van der Waals surface area contributed by atoms with Crippen LogP contribution in [0.1, 0.15) is 17.7 Å². The van der Waals surface area contributed by atoms with E-state index in [1.807, 2.05) is 0 Å². The third kappa shape index (κ3) is 1.93. The van der Waals surface area contributed by atoms with E-state index in [1.54, 1.807) is 6.07 Å². The molecule has 0 aliphatic heterocycles. The second-order valence-electron chi connectivity index (χ2n) is 2.47. The third-order valence-electron chi connectivity index (χ3n) is 1.55. The molecule has 1 aromatic rings. The number of halogens is 3. The molecule has 1 rings (SSSR count). The maximum Gasteiger partial charge on any atom is 0.265 e. The first-order valence-corrected chi connectivity index (χ1v) is 3.59. The highest BCUT2D eigenvalue weighted by molar-refractivity contribution is 5.31. The molecule has 0 aromatic carbocycles. The van der Waals surface area contributed by atoms with Gasteiger partial charge in [-0.25, -0.2) is 13.8 Å². The minimum absolute atomic E-state index is 0.349. The molecule has 0 fully saturated rings. The average Bonchev–Trinajstić information content (AvgIpc) is 2.11. The van der Waals surface area contributed by atoms with Crippen molar-refractivity contribution in [2.45, 2.75) is 12.8 Å². The van der Waals surface area contributed by atoms with E-state index in [-0.39, 0.29) is 5.69 Å². The van der Waals surface area contributed by atoms with Crippen LogP contribution in [0, 0.1) is 17.3 Å². The Morgan fingerprint density at radius 3 is 2.71 bits per heavy atom. The molecular weight excluding hydrogens is 197 g/mol. The Bertz CT molecular complexity index is 387. The Hall–Kier alpha value is -1.77. The molecule has 0 spiro atoms. The topological polar surface area (TPSA) is 56.9 Å². The molecule has 0 saturated carbocycles. The average molecular weight is 202 g/mol. The summed E-state index contributed by atoms with van der Waals surface area (Å²) in [4.78, 5) is 3.06. The van der Waals surface area contributed by atoms with Gasteiger partial charge in [0.15, 0.2) is 5.75 Å². The van der Waals surface area contributed by atoms with E-state index in [9.17, 15) is 13.2 Å². The van der Waals surface area contributed by atoms with Crippen LogP contribution in [0.2, 0.25) is 0 Å². The molecule has 1 N–H and O–H groups in total. The molecule has 0 bridgehead atoms. The molecule has 0 radical (unpaired) electrons. The van der Waals surface area contributed by atoms with Gasteiger partial charge in [-0.2, -0.15) is 9.65 Å². The van der Waals surface area contributed by atoms with Crippen molar-refractivity contribution >= 4 is 0 Å². The van der Waals surface area contributed by atoms with Crippen molar-refractivity contribution in [2.24, 2.45) is 0 Å². The van der Waals surface area contributed by atoms with E-state index in [1.165, 1.54) is 0 Å². The highest BCUT2D eigenvalue weighted by Crippen LogP contribution is 2.26. The first-order valence-electron chi connectivity index (χ1n) is 3.59. The minimum Gasteiger partial charge on any atom is -0.504 e. The van der Waals surface area contributed by atoms with Crippen molar-refractivity contribution in [2.75, 3.05) is 0 Å². The van der Waals surface area contributed by atoms with Crippen LogP contribution in [0.15, 0.2) is 6.07 Å². The van der Waals surface area contributed by atoms with Crippen molar-refractivity contribution in [3.8, 4) is 11.8 Å². The smallest absolute Gasteiger partial charge is 0.265 e. The normalized spacial score (nSPS) is 10.2. The lowest BCUT2D eigenvalue weighted by Crippen LogP contribution is -2.00. The molecule has 0 unspecified atom stereocenters. The fraction of sp³-hybridized carbons (Fsp3) is 0.250. The van der Waals surface area contributed by atoms with Gasteiger partial charge < -0.3 is 5.11 Å². The second-order valence-corrected chi connectivity index (χ2v) is 2.47. The van der Waals surface area contributed by atoms with Crippen molar-refractivity contribution in [3.05, 3.63) is 23.3 Å². The van der Waals surface area contributed by atoms with E-state index in [0.717, 1.165) is 0 Å². The molecule has 0 atom stereocenters. The van der Waals surface area contributed by atoms with Gasteiger partial charge in [-0.05, 0) is 6.07 Å². The van der Waals surface area contributed by atoms with Gasteiger partial charge in [0.05, 0.1) is 18.2 Å². The zero-order valence-corrected chi connectivity index (χ0v) is 6.84. The summed E-state index contributed by atoms with van der Waals surface area (Å²) in [5.41, 5.74) is -0.969. The first-order chi connectivity index (χ1) is 6.56. The number of aromatic nitrogens is 1. The van der Waals surface area contributed by atoms with Gasteiger partial charge in [-0.1, -0.05) is 0 Å². The number of alkyl halides is 2. The van der Waals surface area contributed by atoms with Crippen LogP contribution in [0.3, 0.4) is 0 Å². The molecule has 6 heteroatoms. The molecule has 0 saturated heterocycles. The highest BCUT2D eigenvalue weighted by Gasteiger charge is 2.17. The van der Waals surface area contributed by atoms with Crippen LogP contribution in [0.5, 0.6) is 5.75 Å². The van der Waals surface area contributed by atoms with Crippen molar-refractivity contribution in [1.82, 2.24) is 4.98 Å². The third-order valence-corrected chi connectivity index (χ3v) is 1.55. The molecule has 74 valence electrons. The van der Waals surface area contributed by atoms with Gasteiger partial charge in [-0.3, -0.25) is 0 Å². The number of pyridine rings is 1. The molecule has 0 aliphatic rings. The molecule has 0 amide bonds. The predicted octanol–water partition coefficient (Wildman–Crippen LogP) is 1.93. The first kappa shape index (κ1) is 10.3. The standard InChI is InChI=1S/C8H5F3N2O/c9-7(10)4-3-6(14)8(11)13-5(4)1-2-12/h3,7,14H,1H2. The SMILES string of the molecule is N#CCc1nc(F)c(O)cc1C(F)F. The van der Waals surface area contributed by atoms with Gasteiger partial charge in [0.1, 0.15) is 0 Å². The van der Waals surface area contributed by atoms with E-state index in [2.05, 4.69) is 4.98 Å². The zero-order valence-electron chi connectivity index (χ0n) is 6.84. The Balaban J connectivity index is 3.25. The molecule has 0 aliphatic carbocycles. The Morgan fingerprint density at radius 2 is 2.21 bits per heavy atom. The number of aromatic hydroxyl groups is 1. The summed E-state index contributed by atoms with van der Waals surface area (Å²) >= 11 is 0. The summed E-state index contributed by atoms with van der Waals surface area (Å²) in [6, 6.07) is 2.16. The summed E-state index contributed by atoms with van der Waals surface area (Å²) < 4.78 is 37.2. The summed E-state index contributed by atoms with van der Waals surface area (Å²) in [6.07, 6.45) is -3.31. The van der Waals surface area contributed by atoms with Crippen LogP contribution in [0.4, 0.5) is 13.2 Å². The highest BCUT2D eigenvalue weighted by atomic mass is 19.3. The molecule has 1 aromatic heterocycles. The summed E-state index contributed by atoms with van der Waals surface area (Å²) in [7, 11) is 0. The number of nitriles is 1. The molecule has 14 heavy (non-hydrogen) atoms. The Morgan fingerprint density at radius 1 is 1.57 bits per heavy atom. The van der Waals surface area contributed by atoms with Gasteiger partial charge in [0.2, 0.25) is 0 Å². The number of rotatable bonds is 2. The predicted molar refractivity (Wildman–Crippen MR) is 40.1 cm³/mol. The Labute approximate surface area is 77.4 Å². The van der Waals surface area contributed by atoms with E-state index < -0.39 is 30.1 Å². The summed E-state index contributed by atoms with van der Waals surface area (Å²) in [6.45, 7) is 0. The fourth-order valence-corrected chi connectivity index (χ4v) is 0.936. The van der Waals surface area contributed by atoms with Crippen LogP contribution < -0.4 is 0 Å². The van der Waals surface area contributed by atoms with Crippen molar-refractivity contribution in [3.63, 3.8) is 0 Å². The number of hydrogen-bond acceptors (Lipinski definition) is 3. The van der Waals surface area contributed by atoms with Gasteiger partial charge >= 0.3 is 0 Å².